The minimum absolute atomic E-state index is 0.203. The number of hydrogen-bond acceptors (Lipinski definition) is 5. The molecule has 0 radical (unpaired) electrons. The monoisotopic (exact) mass is 338 g/mol. The van der Waals surface area contributed by atoms with Gasteiger partial charge in [-0.25, -0.2) is 0 Å². The van der Waals surface area contributed by atoms with Gasteiger partial charge in [0, 0.05) is 26.3 Å². The summed E-state index contributed by atoms with van der Waals surface area (Å²) < 4.78 is 15.4. The lowest BCUT2D eigenvalue weighted by Crippen LogP contribution is -2.44. The minimum Gasteiger partial charge on any atom is -0.496 e. The van der Waals surface area contributed by atoms with E-state index in [1.54, 1.807) is 27.0 Å². The van der Waals surface area contributed by atoms with Gasteiger partial charge in [0.2, 0.25) is 11.8 Å². The molecular formula is C17H26N2O5. The van der Waals surface area contributed by atoms with Crippen molar-refractivity contribution in [3.8, 4) is 5.75 Å². The standard InChI is InChI=1S/C17H26N2O5/c1-11(22-3)16(20)18-10-14(19-17(21)12(2)23-4)13-8-6-7-9-15(13)24-5/h6-9,11-12,14H,10H2,1-5H3,(H,18,20)(H,19,21)/t11-,12-,14+/m1/s1. The summed E-state index contributed by atoms with van der Waals surface area (Å²) in [6, 6.07) is 6.86. The fraction of sp³-hybridized carbons (Fsp3) is 0.529. The van der Waals surface area contributed by atoms with Crippen LogP contribution in [0.3, 0.4) is 0 Å². The van der Waals surface area contributed by atoms with E-state index in [1.807, 2.05) is 18.2 Å². The van der Waals surface area contributed by atoms with Crippen molar-refractivity contribution in [2.75, 3.05) is 27.9 Å². The molecule has 1 aromatic rings. The molecule has 7 heteroatoms. The first-order chi connectivity index (χ1) is 11.4. The van der Waals surface area contributed by atoms with Crippen molar-refractivity contribution in [3.63, 3.8) is 0 Å². The lowest BCUT2D eigenvalue weighted by Gasteiger charge is -2.23. The molecule has 0 heterocycles. The highest BCUT2D eigenvalue weighted by atomic mass is 16.5. The first kappa shape index (κ1) is 19.9. The molecule has 1 rings (SSSR count). The van der Waals surface area contributed by atoms with Gasteiger partial charge in [0.15, 0.2) is 0 Å². The van der Waals surface area contributed by atoms with E-state index >= 15 is 0 Å². The highest BCUT2D eigenvalue weighted by Crippen LogP contribution is 2.24. The molecule has 0 aliphatic carbocycles. The van der Waals surface area contributed by atoms with E-state index < -0.39 is 18.2 Å². The highest BCUT2D eigenvalue weighted by molar-refractivity contribution is 5.82. The summed E-state index contributed by atoms with van der Waals surface area (Å²) in [7, 11) is 4.48. The Balaban J connectivity index is 2.94. The highest BCUT2D eigenvalue weighted by Gasteiger charge is 2.23. The second-order valence-electron chi connectivity index (χ2n) is 5.30. The van der Waals surface area contributed by atoms with Crippen molar-refractivity contribution in [1.29, 1.82) is 0 Å². The molecule has 0 aliphatic rings. The van der Waals surface area contributed by atoms with E-state index in [9.17, 15) is 9.59 Å². The number of amides is 2. The smallest absolute Gasteiger partial charge is 0.249 e. The Labute approximate surface area is 142 Å². The van der Waals surface area contributed by atoms with Crippen LogP contribution in [0.2, 0.25) is 0 Å². The average molecular weight is 338 g/mol. The molecule has 0 saturated heterocycles. The van der Waals surface area contributed by atoms with Gasteiger partial charge in [-0.15, -0.1) is 0 Å². The number of benzene rings is 1. The summed E-state index contributed by atoms with van der Waals surface area (Å²) >= 11 is 0. The van der Waals surface area contributed by atoms with Gasteiger partial charge in [0.25, 0.3) is 0 Å². The van der Waals surface area contributed by atoms with E-state index in [0.717, 1.165) is 5.56 Å². The number of para-hydroxylation sites is 1. The van der Waals surface area contributed by atoms with Crippen molar-refractivity contribution in [3.05, 3.63) is 29.8 Å². The minimum atomic E-state index is -0.601. The molecule has 134 valence electrons. The van der Waals surface area contributed by atoms with E-state index in [1.165, 1.54) is 14.2 Å². The Hall–Kier alpha value is -2.12. The molecule has 0 aromatic heterocycles. The maximum absolute atomic E-state index is 12.2. The molecule has 7 nitrogen and oxygen atoms in total. The summed E-state index contributed by atoms with van der Waals surface area (Å²) in [5, 5.41) is 5.64. The number of methoxy groups -OCH3 is 3. The van der Waals surface area contributed by atoms with Crippen LogP contribution in [0.5, 0.6) is 5.75 Å². The molecular weight excluding hydrogens is 312 g/mol. The van der Waals surface area contributed by atoms with E-state index in [0.29, 0.717) is 5.75 Å². The predicted octanol–water partition coefficient (Wildman–Crippen LogP) is 1.04. The first-order valence-corrected chi connectivity index (χ1v) is 7.71. The molecule has 0 fully saturated rings. The Morgan fingerprint density at radius 3 is 2.17 bits per heavy atom. The Morgan fingerprint density at radius 1 is 1.00 bits per heavy atom. The summed E-state index contributed by atoms with van der Waals surface area (Å²) in [6.45, 7) is 3.51. The molecule has 0 saturated carbocycles. The Bertz CT molecular complexity index is 550. The molecule has 24 heavy (non-hydrogen) atoms. The van der Waals surface area contributed by atoms with Crippen LogP contribution in [0.4, 0.5) is 0 Å². The zero-order chi connectivity index (χ0) is 18.1. The lowest BCUT2D eigenvalue weighted by molar-refractivity contribution is -0.132. The SMILES string of the molecule is COc1ccccc1[C@H](CNC(=O)[C@@H](C)OC)NC(=O)[C@@H](C)OC. The van der Waals surface area contributed by atoms with Crippen LogP contribution in [0.15, 0.2) is 24.3 Å². The number of hydrogen-bond donors (Lipinski definition) is 2. The number of rotatable bonds is 9. The number of ether oxygens (including phenoxy) is 3. The van der Waals surface area contributed by atoms with Gasteiger partial charge in [-0.1, -0.05) is 18.2 Å². The fourth-order valence-electron chi connectivity index (χ4n) is 2.04. The third kappa shape index (κ3) is 5.50. The topological polar surface area (TPSA) is 85.9 Å². The molecule has 0 aliphatic heterocycles. The van der Waals surface area contributed by atoms with Crippen molar-refractivity contribution < 1.29 is 23.8 Å². The third-order valence-corrected chi connectivity index (χ3v) is 3.76. The van der Waals surface area contributed by atoms with Gasteiger partial charge in [0.1, 0.15) is 18.0 Å². The molecule has 0 spiro atoms. The predicted molar refractivity (Wildman–Crippen MR) is 89.8 cm³/mol. The van der Waals surface area contributed by atoms with Crippen molar-refractivity contribution in [2.24, 2.45) is 0 Å². The molecule has 1 aromatic carbocycles. The zero-order valence-electron chi connectivity index (χ0n) is 14.8. The number of carbonyl (C=O) groups excluding carboxylic acids is 2. The van der Waals surface area contributed by atoms with Gasteiger partial charge in [-0.3, -0.25) is 9.59 Å². The summed E-state index contributed by atoms with van der Waals surface area (Å²) in [5.41, 5.74) is 0.766. The normalized spacial score (nSPS) is 14.4. The molecule has 2 amide bonds. The van der Waals surface area contributed by atoms with Crippen molar-refractivity contribution in [2.45, 2.75) is 32.1 Å². The number of nitrogens with one attached hydrogen (secondary N) is 2. The Kier molecular flexibility index (Phi) is 8.21. The second-order valence-corrected chi connectivity index (χ2v) is 5.30. The van der Waals surface area contributed by atoms with Gasteiger partial charge >= 0.3 is 0 Å². The van der Waals surface area contributed by atoms with Crippen LogP contribution < -0.4 is 15.4 Å². The molecule has 2 N–H and O–H groups in total. The van der Waals surface area contributed by atoms with Crippen molar-refractivity contribution in [1.82, 2.24) is 10.6 Å². The first-order valence-electron chi connectivity index (χ1n) is 7.71. The summed E-state index contributed by atoms with van der Waals surface area (Å²) in [4.78, 5) is 24.1. The molecule has 0 unspecified atom stereocenters. The van der Waals surface area contributed by atoms with Crippen LogP contribution in [-0.4, -0.2) is 51.9 Å². The molecule has 3 atom stereocenters. The van der Waals surface area contributed by atoms with E-state index in [2.05, 4.69) is 10.6 Å². The van der Waals surface area contributed by atoms with Crippen LogP contribution >= 0.6 is 0 Å². The Morgan fingerprint density at radius 2 is 1.58 bits per heavy atom. The summed E-state index contributed by atoms with van der Waals surface area (Å²) in [6.07, 6.45) is -1.17. The second kappa shape index (κ2) is 9.89. The lowest BCUT2D eigenvalue weighted by atomic mass is 10.0. The van der Waals surface area contributed by atoms with Crippen LogP contribution in [0.25, 0.3) is 0 Å². The van der Waals surface area contributed by atoms with Crippen molar-refractivity contribution >= 4 is 11.8 Å². The van der Waals surface area contributed by atoms with Crippen LogP contribution in [0, 0.1) is 0 Å². The molecule has 0 bridgehead atoms. The van der Waals surface area contributed by atoms with Gasteiger partial charge in [-0.05, 0) is 19.9 Å². The largest absolute Gasteiger partial charge is 0.496 e. The van der Waals surface area contributed by atoms with Gasteiger partial charge in [-0.2, -0.15) is 0 Å². The van der Waals surface area contributed by atoms with E-state index in [4.69, 9.17) is 14.2 Å². The maximum atomic E-state index is 12.2. The quantitative estimate of drug-likeness (QED) is 0.703. The summed E-state index contributed by atoms with van der Waals surface area (Å²) in [5.74, 6) is 0.0933. The maximum Gasteiger partial charge on any atom is 0.249 e. The van der Waals surface area contributed by atoms with Crippen LogP contribution in [0.1, 0.15) is 25.5 Å². The van der Waals surface area contributed by atoms with Crippen LogP contribution in [-0.2, 0) is 19.1 Å². The average Bonchev–Trinajstić information content (AvgIpc) is 2.62. The van der Waals surface area contributed by atoms with Gasteiger partial charge < -0.3 is 24.8 Å². The van der Waals surface area contributed by atoms with E-state index in [-0.39, 0.29) is 18.4 Å². The van der Waals surface area contributed by atoms with Gasteiger partial charge in [0.05, 0.1) is 13.2 Å². The number of carbonyl (C=O) groups is 2. The fourth-order valence-corrected chi connectivity index (χ4v) is 2.04. The zero-order valence-corrected chi connectivity index (χ0v) is 14.8. The third-order valence-electron chi connectivity index (χ3n) is 3.76.